The number of hydrogen-bond donors (Lipinski definition) is 1. The molecule has 12 heteroatoms. The highest BCUT2D eigenvalue weighted by molar-refractivity contribution is 6.74. The predicted molar refractivity (Wildman–Crippen MR) is 82.6 cm³/mol. The molecule has 0 unspecified atom stereocenters. The second-order valence-corrected chi connectivity index (χ2v) is 10.9. The summed E-state index contributed by atoms with van der Waals surface area (Å²) in [4.78, 5) is 10.2. The zero-order chi connectivity index (χ0) is 17.2. The molecule has 0 bridgehead atoms. The third kappa shape index (κ3) is 5.98. The van der Waals surface area contributed by atoms with Gasteiger partial charge in [-0.25, -0.2) is 0 Å². The summed E-state index contributed by atoms with van der Waals surface area (Å²) in [5.74, 6) is 0. The van der Waals surface area contributed by atoms with Crippen LogP contribution in [0.15, 0.2) is 5.29 Å². The van der Waals surface area contributed by atoms with Crippen molar-refractivity contribution in [1.29, 1.82) is 0 Å². The number of hydrogen-bond acceptors (Lipinski definition) is 9. The molecule has 0 aliphatic carbocycles. The van der Waals surface area contributed by atoms with Crippen molar-refractivity contribution in [2.24, 2.45) is 5.29 Å². The standard InChI is InChI=1S/C10H27N3O7Si2/c1-7-21(16-3,17-4)20-22(18-5,19-6)10-8-9-12(2)13(15)11-14/h15H,7-10H2,1-6H3. The molecular formula is C10H27N3O7Si2. The topological polar surface area (TPSA) is 102 Å². The van der Waals surface area contributed by atoms with Crippen LogP contribution in [0.25, 0.3) is 0 Å². The van der Waals surface area contributed by atoms with Gasteiger partial charge in [-0.3, -0.25) is 5.21 Å². The van der Waals surface area contributed by atoms with Crippen LogP contribution in [0.1, 0.15) is 13.3 Å². The lowest BCUT2D eigenvalue weighted by molar-refractivity contribution is -0.237. The maximum absolute atomic E-state index is 10.2. The van der Waals surface area contributed by atoms with Crippen LogP contribution in [0, 0.1) is 4.91 Å². The number of nitrogens with zero attached hydrogens (tertiary/aromatic N) is 3. The van der Waals surface area contributed by atoms with Gasteiger partial charge in [0.05, 0.1) is 5.29 Å². The van der Waals surface area contributed by atoms with Gasteiger partial charge in [-0.05, 0) is 6.42 Å². The highest BCUT2D eigenvalue weighted by atomic mass is 28.5. The van der Waals surface area contributed by atoms with Crippen molar-refractivity contribution >= 4 is 17.6 Å². The Morgan fingerprint density at radius 3 is 1.91 bits per heavy atom. The highest BCUT2D eigenvalue weighted by Gasteiger charge is 2.50. The predicted octanol–water partition coefficient (Wildman–Crippen LogP) is 1.10. The van der Waals surface area contributed by atoms with E-state index in [9.17, 15) is 4.91 Å². The molecule has 0 aromatic carbocycles. The minimum absolute atomic E-state index is 0.235. The first-order valence-electron chi connectivity index (χ1n) is 6.82. The fraction of sp³-hybridized carbons (Fsp3) is 1.00. The molecule has 0 saturated carbocycles. The first-order valence-corrected chi connectivity index (χ1v) is 10.7. The molecule has 0 aliphatic rings. The molecule has 0 heterocycles. The van der Waals surface area contributed by atoms with Crippen molar-refractivity contribution in [1.82, 2.24) is 10.3 Å². The molecule has 0 spiro atoms. The zero-order valence-electron chi connectivity index (χ0n) is 14.1. The van der Waals surface area contributed by atoms with E-state index >= 15 is 0 Å². The smallest absolute Gasteiger partial charge is 0.377 e. The summed E-state index contributed by atoms with van der Waals surface area (Å²) in [6.07, 6.45) is 0.554. The summed E-state index contributed by atoms with van der Waals surface area (Å²) < 4.78 is 27.9. The third-order valence-electron chi connectivity index (χ3n) is 3.33. The molecule has 0 saturated heterocycles. The molecule has 0 rings (SSSR count). The van der Waals surface area contributed by atoms with E-state index < -0.39 is 17.6 Å². The number of hydrazine groups is 1. The van der Waals surface area contributed by atoms with Crippen LogP contribution < -0.4 is 0 Å². The summed E-state index contributed by atoms with van der Waals surface area (Å²) in [5, 5.41) is 13.0. The Hall–Kier alpha value is -0.446. The summed E-state index contributed by atoms with van der Waals surface area (Å²) in [6, 6.07) is 1.05. The van der Waals surface area contributed by atoms with Gasteiger partial charge in [0.25, 0.3) is 0 Å². The van der Waals surface area contributed by atoms with Crippen molar-refractivity contribution in [3.05, 3.63) is 4.91 Å². The molecule has 0 amide bonds. The Morgan fingerprint density at radius 1 is 1.05 bits per heavy atom. The van der Waals surface area contributed by atoms with Crippen LogP contribution in [-0.4, -0.2) is 75.1 Å². The first kappa shape index (κ1) is 21.6. The Morgan fingerprint density at radius 2 is 1.55 bits per heavy atom. The van der Waals surface area contributed by atoms with Crippen molar-refractivity contribution in [3.63, 3.8) is 0 Å². The van der Waals surface area contributed by atoms with E-state index in [1.165, 1.54) is 40.5 Å². The average molecular weight is 358 g/mol. The fourth-order valence-electron chi connectivity index (χ4n) is 1.86. The first-order chi connectivity index (χ1) is 10.4. The number of rotatable bonds is 13. The van der Waals surface area contributed by atoms with Crippen LogP contribution >= 0.6 is 0 Å². The van der Waals surface area contributed by atoms with Crippen molar-refractivity contribution in [2.45, 2.75) is 25.4 Å². The molecule has 132 valence electrons. The van der Waals surface area contributed by atoms with E-state index in [1.54, 1.807) is 0 Å². The van der Waals surface area contributed by atoms with Gasteiger partial charge in [0, 0.05) is 54.1 Å². The molecule has 0 aromatic heterocycles. The van der Waals surface area contributed by atoms with Crippen molar-refractivity contribution in [2.75, 3.05) is 42.0 Å². The maximum Gasteiger partial charge on any atom is 0.493 e. The van der Waals surface area contributed by atoms with E-state index in [1.807, 2.05) is 6.92 Å². The van der Waals surface area contributed by atoms with E-state index in [0.717, 1.165) is 0 Å². The second kappa shape index (κ2) is 10.4. The molecule has 0 aromatic rings. The van der Waals surface area contributed by atoms with E-state index in [0.29, 0.717) is 25.1 Å². The van der Waals surface area contributed by atoms with E-state index in [4.69, 9.17) is 27.0 Å². The lowest BCUT2D eigenvalue weighted by Crippen LogP contribution is -2.57. The van der Waals surface area contributed by atoms with Gasteiger partial charge in [0.1, 0.15) is 0 Å². The molecule has 0 fully saturated rings. The van der Waals surface area contributed by atoms with Crippen LogP contribution in [0.3, 0.4) is 0 Å². The molecule has 10 nitrogen and oxygen atoms in total. The van der Waals surface area contributed by atoms with Crippen LogP contribution in [0.5, 0.6) is 0 Å². The Labute approximate surface area is 133 Å². The Bertz CT molecular complexity index is 311. The normalized spacial score (nSPS) is 12.7. The van der Waals surface area contributed by atoms with Gasteiger partial charge in [-0.15, -0.1) is 4.91 Å². The third-order valence-corrected chi connectivity index (χ3v) is 10.1. The van der Waals surface area contributed by atoms with Crippen LogP contribution in [0.4, 0.5) is 0 Å². The van der Waals surface area contributed by atoms with Gasteiger partial charge in [-0.1, -0.05) is 12.2 Å². The quantitative estimate of drug-likeness (QED) is 0.295. The maximum atomic E-state index is 10.2. The van der Waals surface area contributed by atoms with Crippen LogP contribution in [-0.2, 0) is 21.8 Å². The van der Waals surface area contributed by atoms with E-state index in [2.05, 4.69) is 5.29 Å². The average Bonchev–Trinajstić information content (AvgIpc) is 2.57. The van der Waals surface area contributed by atoms with Gasteiger partial charge >= 0.3 is 17.6 Å². The van der Waals surface area contributed by atoms with E-state index in [-0.39, 0.29) is 5.28 Å². The number of nitroso groups, excluding NO2 is 1. The fourth-order valence-corrected chi connectivity index (χ4v) is 7.99. The van der Waals surface area contributed by atoms with Crippen LogP contribution in [0.2, 0.25) is 12.1 Å². The lowest BCUT2D eigenvalue weighted by Gasteiger charge is -2.35. The zero-order valence-corrected chi connectivity index (χ0v) is 16.1. The highest BCUT2D eigenvalue weighted by Crippen LogP contribution is 2.25. The molecule has 0 aliphatic heterocycles. The summed E-state index contributed by atoms with van der Waals surface area (Å²) in [5.41, 5.74) is 0. The summed E-state index contributed by atoms with van der Waals surface area (Å²) >= 11 is 0. The molecule has 1 N–H and O–H groups in total. The monoisotopic (exact) mass is 357 g/mol. The van der Waals surface area contributed by atoms with Crippen molar-refractivity contribution < 1.29 is 27.0 Å². The summed E-state index contributed by atoms with van der Waals surface area (Å²) in [7, 11) is 1.83. The van der Waals surface area contributed by atoms with Gasteiger partial charge in [0.15, 0.2) is 0 Å². The largest absolute Gasteiger partial charge is 0.493 e. The van der Waals surface area contributed by atoms with Crippen molar-refractivity contribution in [3.8, 4) is 0 Å². The molecule has 0 atom stereocenters. The minimum Gasteiger partial charge on any atom is -0.377 e. The molecule has 0 radical (unpaired) electrons. The second-order valence-electron chi connectivity index (χ2n) is 4.47. The molecular weight excluding hydrogens is 330 g/mol. The minimum atomic E-state index is -2.98. The SMILES string of the molecule is CC[Si](OC)(OC)O[Si](CCCN(C)N(O)N=O)(OC)OC. The Kier molecular flexibility index (Phi) is 10.1. The Balaban J connectivity index is 4.78. The lowest BCUT2D eigenvalue weighted by atomic mass is 10.5. The molecule has 22 heavy (non-hydrogen) atoms. The van der Waals surface area contributed by atoms with Gasteiger partial charge in [0.2, 0.25) is 0 Å². The van der Waals surface area contributed by atoms with Gasteiger partial charge in [-0.2, -0.15) is 5.01 Å². The summed E-state index contributed by atoms with van der Waals surface area (Å²) in [6.45, 7) is 2.28. The van der Waals surface area contributed by atoms with Gasteiger partial charge < -0.3 is 21.8 Å².